The van der Waals surface area contributed by atoms with Gasteiger partial charge >= 0.3 is 5.97 Å². The predicted octanol–water partition coefficient (Wildman–Crippen LogP) is -0.0493. The first-order valence-corrected chi connectivity index (χ1v) is 4.69. The van der Waals surface area contributed by atoms with E-state index in [-0.39, 0.29) is 24.8 Å². The van der Waals surface area contributed by atoms with Gasteiger partial charge in [-0.3, -0.25) is 4.79 Å². The highest BCUT2D eigenvalue weighted by Crippen LogP contribution is 2.04. The first kappa shape index (κ1) is 12.9. The van der Waals surface area contributed by atoms with Crippen molar-refractivity contribution in [1.29, 1.82) is 0 Å². The second-order valence-electron chi connectivity index (χ2n) is 3.63. The Morgan fingerprint density at radius 1 is 1.43 bits per heavy atom. The largest absolute Gasteiger partial charge is 0.480 e. The molecule has 0 saturated heterocycles. The highest BCUT2D eigenvalue weighted by molar-refractivity contribution is 5.83. The molecule has 0 aromatic rings. The lowest BCUT2D eigenvalue weighted by atomic mass is 10.0. The van der Waals surface area contributed by atoms with E-state index in [1.165, 1.54) is 0 Å². The summed E-state index contributed by atoms with van der Waals surface area (Å²) in [6.45, 7) is 4.05. The Hall–Kier alpha value is -1.10. The van der Waals surface area contributed by atoms with Crippen LogP contribution in [-0.4, -0.2) is 29.6 Å². The Morgan fingerprint density at radius 3 is 2.36 bits per heavy atom. The summed E-state index contributed by atoms with van der Waals surface area (Å²) < 4.78 is 0. The minimum atomic E-state index is -0.996. The van der Waals surface area contributed by atoms with Crippen molar-refractivity contribution >= 4 is 11.9 Å². The number of hydrogen-bond acceptors (Lipinski definition) is 3. The topological polar surface area (TPSA) is 92.4 Å². The molecule has 5 nitrogen and oxygen atoms in total. The highest BCUT2D eigenvalue weighted by Gasteiger charge is 2.20. The molecule has 0 saturated carbocycles. The molecule has 4 N–H and O–H groups in total. The van der Waals surface area contributed by atoms with Gasteiger partial charge in [0.05, 0.1) is 0 Å². The van der Waals surface area contributed by atoms with E-state index in [9.17, 15) is 9.59 Å². The van der Waals surface area contributed by atoms with Crippen LogP contribution in [0.3, 0.4) is 0 Å². The summed E-state index contributed by atoms with van der Waals surface area (Å²) in [5.41, 5.74) is 5.17. The van der Waals surface area contributed by atoms with Crippen molar-refractivity contribution in [3.05, 3.63) is 0 Å². The van der Waals surface area contributed by atoms with Crippen molar-refractivity contribution in [3.8, 4) is 0 Å². The molecule has 0 heterocycles. The van der Waals surface area contributed by atoms with Crippen LogP contribution >= 0.6 is 0 Å². The average Bonchev–Trinajstić information content (AvgIpc) is 2.02. The number of rotatable bonds is 6. The maximum Gasteiger partial charge on any atom is 0.326 e. The lowest BCUT2D eigenvalue weighted by Crippen LogP contribution is -2.42. The van der Waals surface area contributed by atoms with E-state index in [1.54, 1.807) is 0 Å². The molecule has 1 amide bonds. The number of amides is 1. The Labute approximate surface area is 83.7 Å². The van der Waals surface area contributed by atoms with Crippen molar-refractivity contribution in [3.63, 3.8) is 0 Å². The third-order valence-corrected chi connectivity index (χ3v) is 1.71. The smallest absolute Gasteiger partial charge is 0.326 e. The lowest BCUT2D eigenvalue weighted by molar-refractivity contribution is -0.142. The second kappa shape index (κ2) is 6.37. The fourth-order valence-corrected chi connectivity index (χ4v) is 1.09. The predicted molar refractivity (Wildman–Crippen MR) is 52.7 cm³/mol. The Balaban J connectivity index is 4.09. The standard InChI is InChI=1S/C9H18N2O3/c1-6(2)5-7(9(13)14)11-8(12)3-4-10/h6-7H,3-5,10H2,1-2H3,(H,11,12)(H,13,14)/t7-/m0/s1. The van der Waals surface area contributed by atoms with Gasteiger partial charge < -0.3 is 16.2 Å². The number of nitrogens with one attached hydrogen (secondary N) is 1. The summed E-state index contributed by atoms with van der Waals surface area (Å²) in [7, 11) is 0. The molecule has 1 atom stereocenters. The summed E-state index contributed by atoms with van der Waals surface area (Å²) in [5, 5.41) is 11.2. The van der Waals surface area contributed by atoms with Crippen LogP contribution in [0, 0.1) is 5.92 Å². The zero-order valence-corrected chi connectivity index (χ0v) is 8.62. The van der Waals surface area contributed by atoms with Gasteiger partial charge in [-0.05, 0) is 12.3 Å². The van der Waals surface area contributed by atoms with Gasteiger partial charge in [-0.25, -0.2) is 4.79 Å². The number of carbonyl (C=O) groups excluding carboxylic acids is 1. The molecule has 0 aromatic heterocycles. The summed E-state index contributed by atoms with van der Waals surface area (Å²) in [6.07, 6.45) is 0.605. The Morgan fingerprint density at radius 2 is 2.00 bits per heavy atom. The molecule has 0 rings (SSSR count). The van der Waals surface area contributed by atoms with E-state index in [4.69, 9.17) is 10.8 Å². The van der Waals surface area contributed by atoms with Gasteiger partial charge in [0.25, 0.3) is 0 Å². The first-order valence-electron chi connectivity index (χ1n) is 4.69. The van der Waals surface area contributed by atoms with Gasteiger partial charge in [0.2, 0.25) is 5.91 Å². The number of carboxylic acids is 1. The van der Waals surface area contributed by atoms with E-state index < -0.39 is 12.0 Å². The normalized spacial score (nSPS) is 12.6. The van der Waals surface area contributed by atoms with Gasteiger partial charge in [0.1, 0.15) is 6.04 Å². The van der Waals surface area contributed by atoms with Crippen molar-refractivity contribution in [2.45, 2.75) is 32.7 Å². The minimum absolute atomic E-state index is 0.169. The molecular formula is C9H18N2O3. The van der Waals surface area contributed by atoms with Gasteiger partial charge in [-0.1, -0.05) is 13.8 Å². The highest BCUT2D eigenvalue weighted by atomic mass is 16.4. The van der Waals surface area contributed by atoms with Crippen LogP contribution in [0.4, 0.5) is 0 Å². The van der Waals surface area contributed by atoms with Crippen LogP contribution < -0.4 is 11.1 Å². The van der Waals surface area contributed by atoms with Crippen LogP contribution in [0.1, 0.15) is 26.7 Å². The van der Waals surface area contributed by atoms with Crippen LogP contribution in [0.5, 0.6) is 0 Å². The SMILES string of the molecule is CC(C)C[C@H](NC(=O)CCN)C(=O)O. The van der Waals surface area contributed by atoms with E-state index >= 15 is 0 Å². The molecule has 82 valence electrons. The molecule has 5 heteroatoms. The molecule has 0 bridgehead atoms. The number of hydrogen-bond donors (Lipinski definition) is 3. The second-order valence-corrected chi connectivity index (χ2v) is 3.63. The van der Waals surface area contributed by atoms with Crippen molar-refractivity contribution < 1.29 is 14.7 Å². The van der Waals surface area contributed by atoms with Crippen LogP contribution in [0.2, 0.25) is 0 Å². The Kier molecular flexibility index (Phi) is 5.87. The van der Waals surface area contributed by atoms with E-state index in [1.807, 2.05) is 13.8 Å². The molecule has 0 aliphatic carbocycles. The molecule has 0 aliphatic heterocycles. The van der Waals surface area contributed by atoms with Gasteiger partial charge in [-0.15, -0.1) is 0 Å². The van der Waals surface area contributed by atoms with Gasteiger partial charge in [0, 0.05) is 13.0 Å². The third kappa shape index (κ3) is 5.53. The zero-order valence-electron chi connectivity index (χ0n) is 8.62. The van der Waals surface area contributed by atoms with Gasteiger partial charge in [0.15, 0.2) is 0 Å². The monoisotopic (exact) mass is 202 g/mol. The fraction of sp³-hybridized carbons (Fsp3) is 0.778. The zero-order chi connectivity index (χ0) is 11.1. The van der Waals surface area contributed by atoms with E-state index in [2.05, 4.69) is 5.32 Å². The maximum absolute atomic E-state index is 11.1. The fourth-order valence-electron chi connectivity index (χ4n) is 1.09. The molecular weight excluding hydrogens is 184 g/mol. The maximum atomic E-state index is 11.1. The van der Waals surface area contributed by atoms with Crippen molar-refractivity contribution in [1.82, 2.24) is 5.32 Å². The lowest BCUT2D eigenvalue weighted by Gasteiger charge is -2.15. The van der Waals surface area contributed by atoms with Crippen LogP contribution in [-0.2, 0) is 9.59 Å². The quantitative estimate of drug-likeness (QED) is 0.563. The third-order valence-electron chi connectivity index (χ3n) is 1.71. The van der Waals surface area contributed by atoms with Crippen LogP contribution in [0.15, 0.2) is 0 Å². The first-order chi connectivity index (χ1) is 6.47. The minimum Gasteiger partial charge on any atom is -0.480 e. The summed E-state index contributed by atoms with van der Waals surface area (Å²) in [5.74, 6) is -1.07. The van der Waals surface area contributed by atoms with E-state index in [0.717, 1.165) is 0 Å². The van der Waals surface area contributed by atoms with Crippen molar-refractivity contribution in [2.75, 3.05) is 6.54 Å². The number of aliphatic carboxylic acids is 1. The molecule has 0 fully saturated rings. The summed E-state index contributed by atoms with van der Waals surface area (Å²) in [6, 6.07) is -0.797. The number of carbonyl (C=O) groups is 2. The summed E-state index contributed by atoms with van der Waals surface area (Å²) in [4.78, 5) is 21.8. The molecule has 14 heavy (non-hydrogen) atoms. The molecule has 0 aliphatic rings. The van der Waals surface area contributed by atoms with E-state index in [0.29, 0.717) is 6.42 Å². The summed E-state index contributed by atoms with van der Waals surface area (Å²) >= 11 is 0. The Bertz CT molecular complexity index is 204. The molecule has 0 unspecified atom stereocenters. The van der Waals surface area contributed by atoms with Crippen LogP contribution in [0.25, 0.3) is 0 Å². The number of carboxylic acid groups (broad SMARTS) is 1. The van der Waals surface area contributed by atoms with Crippen molar-refractivity contribution in [2.24, 2.45) is 11.7 Å². The number of nitrogens with two attached hydrogens (primary N) is 1. The van der Waals surface area contributed by atoms with Gasteiger partial charge in [-0.2, -0.15) is 0 Å². The molecule has 0 aromatic carbocycles. The molecule has 0 radical (unpaired) electrons. The average molecular weight is 202 g/mol. The molecule has 0 spiro atoms.